The van der Waals surface area contributed by atoms with Crippen molar-refractivity contribution >= 4 is 9.84 Å². The van der Waals surface area contributed by atoms with Crippen molar-refractivity contribution in [2.45, 2.75) is 64.8 Å². The highest BCUT2D eigenvalue weighted by atomic mass is 32.2. The van der Waals surface area contributed by atoms with E-state index in [1.165, 1.54) is 19.3 Å². The molecule has 0 fully saturated rings. The first-order valence-electron chi connectivity index (χ1n) is 6.26. The first-order valence-corrected chi connectivity index (χ1v) is 8.08. The Morgan fingerprint density at radius 1 is 1.00 bits per heavy atom. The molecule has 0 bridgehead atoms. The molecule has 0 spiro atoms. The molecule has 0 saturated heterocycles. The summed E-state index contributed by atoms with van der Waals surface area (Å²) in [5, 5.41) is 0. The quantitative estimate of drug-likeness (QED) is 0.639. The molecular formula is C12H27NO2S. The molecule has 0 radical (unpaired) electrons. The van der Waals surface area contributed by atoms with Crippen LogP contribution in [0.5, 0.6) is 0 Å². The normalized spacial score (nSPS) is 13.0. The third-order valence-corrected chi connectivity index (χ3v) is 4.50. The molecule has 0 atom stereocenters. The van der Waals surface area contributed by atoms with Gasteiger partial charge in [0.15, 0.2) is 9.84 Å². The lowest BCUT2D eigenvalue weighted by Gasteiger charge is -2.18. The molecule has 4 heteroatoms. The fourth-order valence-corrected chi connectivity index (χ4v) is 3.66. The van der Waals surface area contributed by atoms with Crippen molar-refractivity contribution in [1.29, 1.82) is 0 Å². The number of hydrogen-bond donors (Lipinski definition) is 1. The van der Waals surface area contributed by atoms with Gasteiger partial charge in [0.1, 0.15) is 0 Å². The molecule has 0 rings (SSSR count). The second-order valence-corrected chi connectivity index (χ2v) is 7.53. The van der Waals surface area contributed by atoms with Gasteiger partial charge in [0.05, 0.1) is 11.5 Å². The molecule has 0 amide bonds. The molecule has 0 aromatic carbocycles. The molecule has 0 heterocycles. The zero-order valence-corrected chi connectivity index (χ0v) is 11.8. The van der Waals surface area contributed by atoms with E-state index in [1.807, 2.05) is 0 Å². The maximum absolute atomic E-state index is 11.7. The lowest BCUT2D eigenvalue weighted by molar-refractivity contribution is 0.540. The standard InChI is InChI=1S/C12H27NO2S/c1-4-5-6-7-8-9-10-16(14,15)11-12(2,3)13/h4-11,13H2,1-3H3. The van der Waals surface area contributed by atoms with Crippen LogP contribution >= 0.6 is 0 Å². The molecule has 0 saturated carbocycles. The number of unbranched alkanes of at least 4 members (excludes halogenated alkanes) is 5. The predicted octanol–water partition coefficient (Wildman–Crippen LogP) is 2.50. The van der Waals surface area contributed by atoms with Crippen LogP contribution in [0.3, 0.4) is 0 Å². The van der Waals surface area contributed by atoms with E-state index in [2.05, 4.69) is 6.92 Å². The molecule has 2 N–H and O–H groups in total. The third kappa shape index (κ3) is 10.4. The third-order valence-electron chi connectivity index (χ3n) is 2.40. The van der Waals surface area contributed by atoms with Crippen molar-refractivity contribution in [1.82, 2.24) is 0 Å². The smallest absolute Gasteiger partial charge is 0.152 e. The van der Waals surface area contributed by atoms with Gasteiger partial charge in [-0.05, 0) is 20.3 Å². The molecule has 98 valence electrons. The first-order chi connectivity index (χ1) is 7.27. The largest absolute Gasteiger partial charge is 0.325 e. The van der Waals surface area contributed by atoms with Crippen LogP contribution in [0, 0.1) is 0 Å². The van der Waals surface area contributed by atoms with E-state index < -0.39 is 15.4 Å². The average Bonchev–Trinajstić information content (AvgIpc) is 2.06. The van der Waals surface area contributed by atoms with Crippen molar-refractivity contribution in [2.75, 3.05) is 11.5 Å². The summed E-state index contributed by atoms with van der Waals surface area (Å²) in [6.45, 7) is 5.69. The number of rotatable bonds is 9. The molecule has 16 heavy (non-hydrogen) atoms. The lowest BCUT2D eigenvalue weighted by atomic mass is 10.1. The summed E-state index contributed by atoms with van der Waals surface area (Å²) in [7, 11) is -2.96. The predicted molar refractivity (Wildman–Crippen MR) is 70.3 cm³/mol. The van der Waals surface area contributed by atoms with E-state index in [4.69, 9.17) is 5.73 Å². The van der Waals surface area contributed by atoms with Crippen molar-refractivity contribution < 1.29 is 8.42 Å². The van der Waals surface area contributed by atoms with E-state index >= 15 is 0 Å². The Hall–Kier alpha value is -0.0900. The van der Waals surface area contributed by atoms with Crippen molar-refractivity contribution in [3.05, 3.63) is 0 Å². The minimum Gasteiger partial charge on any atom is -0.325 e. The van der Waals surface area contributed by atoms with Gasteiger partial charge in [0, 0.05) is 5.54 Å². The summed E-state index contributed by atoms with van der Waals surface area (Å²) in [6, 6.07) is 0. The van der Waals surface area contributed by atoms with Crippen LogP contribution in [0.1, 0.15) is 59.3 Å². The van der Waals surface area contributed by atoms with Crippen molar-refractivity contribution in [3.63, 3.8) is 0 Å². The molecule has 0 aliphatic heterocycles. The van der Waals surface area contributed by atoms with E-state index in [9.17, 15) is 8.42 Å². The van der Waals surface area contributed by atoms with E-state index in [0.717, 1.165) is 19.3 Å². The Kier molecular flexibility index (Phi) is 7.24. The Morgan fingerprint density at radius 2 is 1.50 bits per heavy atom. The minimum absolute atomic E-state index is 0.0922. The highest BCUT2D eigenvalue weighted by molar-refractivity contribution is 7.91. The number of nitrogens with two attached hydrogens (primary N) is 1. The minimum atomic E-state index is -2.96. The van der Waals surface area contributed by atoms with Crippen LogP contribution in [-0.2, 0) is 9.84 Å². The maximum Gasteiger partial charge on any atom is 0.152 e. The van der Waals surface area contributed by atoms with Gasteiger partial charge in [-0.2, -0.15) is 0 Å². The van der Waals surface area contributed by atoms with Gasteiger partial charge < -0.3 is 5.73 Å². The van der Waals surface area contributed by atoms with Gasteiger partial charge in [-0.25, -0.2) is 8.42 Å². The van der Waals surface area contributed by atoms with Gasteiger partial charge in [0.2, 0.25) is 0 Å². The lowest BCUT2D eigenvalue weighted by Crippen LogP contribution is -2.40. The average molecular weight is 249 g/mol. The maximum atomic E-state index is 11.7. The Bertz CT molecular complexity index is 265. The van der Waals surface area contributed by atoms with Gasteiger partial charge in [-0.1, -0.05) is 39.0 Å². The SMILES string of the molecule is CCCCCCCCS(=O)(=O)CC(C)(C)N. The van der Waals surface area contributed by atoms with Gasteiger partial charge >= 0.3 is 0 Å². The highest BCUT2D eigenvalue weighted by Gasteiger charge is 2.21. The summed E-state index contributed by atoms with van der Waals surface area (Å²) >= 11 is 0. The second-order valence-electron chi connectivity index (χ2n) is 5.35. The zero-order valence-electron chi connectivity index (χ0n) is 11.0. The second kappa shape index (κ2) is 7.28. The van der Waals surface area contributed by atoms with Crippen LogP contribution in [0.15, 0.2) is 0 Å². The van der Waals surface area contributed by atoms with E-state index in [0.29, 0.717) is 5.75 Å². The molecule has 0 aromatic heterocycles. The fourth-order valence-electron chi connectivity index (χ4n) is 1.74. The molecular weight excluding hydrogens is 222 g/mol. The Morgan fingerprint density at radius 3 is 2.00 bits per heavy atom. The van der Waals surface area contributed by atoms with E-state index in [-0.39, 0.29) is 5.75 Å². The summed E-state index contributed by atoms with van der Waals surface area (Å²) in [5.41, 5.74) is 5.10. The van der Waals surface area contributed by atoms with Gasteiger partial charge in [-0.15, -0.1) is 0 Å². The van der Waals surface area contributed by atoms with Crippen molar-refractivity contribution in [3.8, 4) is 0 Å². The molecule has 0 aromatic rings. The van der Waals surface area contributed by atoms with Gasteiger partial charge in [0.25, 0.3) is 0 Å². The number of hydrogen-bond acceptors (Lipinski definition) is 3. The topological polar surface area (TPSA) is 60.2 Å². The van der Waals surface area contributed by atoms with E-state index in [1.54, 1.807) is 13.8 Å². The Labute approximate surface area is 101 Å². The summed E-state index contributed by atoms with van der Waals surface area (Å²) in [5.74, 6) is 0.384. The Balaban J connectivity index is 3.68. The van der Waals surface area contributed by atoms with Gasteiger partial charge in [-0.3, -0.25) is 0 Å². The fraction of sp³-hybridized carbons (Fsp3) is 1.00. The van der Waals surface area contributed by atoms with Crippen LogP contribution in [0.4, 0.5) is 0 Å². The van der Waals surface area contributed by atoms with Crippen LogP contribution < -0.4 is 5.73 Å². The monoisotopic (exact) mass is 249 g/mol. The number of sulfone groups is 1. The highest BCUT2D eigenvalue weighted by Crippen LogP contribution is 2.09. The molecule has 0 aliphatic rings. The van der Waals surface area contributed by atoms with Crippen LogP contribution in [0.2, 0.25) is 0 Å². The summed E-state index contributed by atoms with van der Waals surface area (Å²) < 4.78 is 23.3. The van der Waals surface area contributed by atoms with Crippen molar-refractivity contribution in [2.24, 2.45) is 5.73 Å². The molecule has 3 nitrogen and oxygen atoms in total. The zero-order chi connectivity index (χ0) is 12.7. The summed E-state index contributed by atoms with van der Waals surface area (Å²) in [6.07, 6.45) is 6.64. The molecule has 0 aliphatic carbocycles. The van der Waals surface area contributed by atoms with Crippen LogP contribution in [0.25, 0.3) is 0 Å². The molecule has 0 unspecified atom stereocenters. The summed E-state index contributed by atoms with van der Waals surface area (Å²) in [4.78, 5) is 0. The first kappa shape index (κ1) is 15.9. The van der Waals surface area contributed by atoms with Crippen LogP contribution in [-0.4, -0.2) is 25.5 Å².